The number of nitrogens with zero attached hydrogens (tertiary/aromatic N) is 1. The first-order chi connectivity index (χ1) is 8.43. The van der Waals surface area contributed by atoms with Crippen LogP contribution in [0.25, 0.3) is 0 Å². The van der Waals surface area contributed by atoms with Crippen LogP contribution in [0.3, 0.4) is 0 Å². The summed E-state index contributed by atoms with van der Waals surface area (Å²) in [6.07, 6.45) is 1.11. The zero-order valence-corrected chi connectivity index (χ0v) is 10.9. The number of nitrogens with one attached hydrogen (secondary N) is 1. The average molecular weight is 258 g/mol. The number of carboxylic acids is 1. The second-order valence-corrected chi connectivity index (χ2v) is 5.20. The molecular formula is C12H22N2O4. The van der Waals surface area contributed by atoms with Crippen LogP contribution < -0.4 is 5.32 Å². The molecule has 18 heavy (non-hydrogen) atoms. The fourth-order valence-electron chi connectivity index (χ4n) is 2.46. The van der Waals surface area contributed by atoms with Gasteiger partial charge in [-0.2, -0.15) is 0 Å². The number of aliphatic carboxylic acids is 1. The van der Waals surface area contributed by atoms with Gasteiger partial charge in [0.05, 0.1) is 0 Å². The van der Waals surface area contributed by atoms with Crippen molar-refractivity contribution >= 4 is 12.0 Å². The SMILES string of the molecule is CC1CC(C)CN(C(=O)N[C@H](CCO)C(=O)O)C1. The first-order valence-corrected chi connectivity index (χ1v) is 6.33. The third-order valence-corrected chi connectivity index (χ3v) is 3.17. The summed E-state index contributed by atoms with van der Waals surface area (Å²) < 4.78 is 0. The van der Waals surface area contributed by atoms with Crippen molar-refractivity contribution in [2.24, 2.45) is 11.8 Å². The van der Waals surface area contributed by atoms with Gasteiger partial charge < -0.3 is 20.4 Å². The molecule has 0 radical (unpaired) electrons. The number of carbonyl (C=O) groups is 2. The van der Waals surface area contributed by atoms with E-state index >= 15 is 0 Å². The van der Waals surface area contributed by atoms with E-state index in [9.17, 15) is 9.59 Å². The van der Waals surface area contributed by atoms with Gasteiger partial charge in [-0.05, 0) is 18.3 Å². The summed E-state index contributed by atoms with van der Waals surface area (Å²) in [6, 6.07) is -1.37. The molecule has 0 aromatic heterocycles. The number of rotatable bonds is 4. The summed E-state index contributed by atoms with van der Waals surface area (Å²) in [5.41, 5.74) is 0. The lowest BCUT2D eigenvalue weighted by molar-refractivity contribution is -0.139. The lowest BCUT2D eigenvalue weighted by atomic mass is 9.92. The fourth-order valence-corrected chi connectivity index (χ4v) is 2.46. The van der Waals surface area contributed by atoms with Crippen LogP contribution in [0.1, 0.15) is 26.7 Å². The Labute approximate surface area is 107 Å². The maximum Gasteiger partial charge on any atom is 0.326 e. The van der Waals surface area contributed by atoms with Crippen LogP contribution in [0.15, 0.2) is 0 Å². The molecule has 0 aromatic carbocycles. The standard InChI is InChI=1S/C12H22N2O4/c1-8-5-9(2)7-14(6-8)12(18)13-10(3-4-15)11(16)17/h8-10,15H,3-7H2,1-2H3,(H,13,18)(H,16,17)/t8?,9?,10-/m1/s1. The number of carbonyl (C=O) groups excluding carboxylic acids is 1. The number of amides is 2. The minimum atomic E-state index is -1.12. The van der Waals surface area contributed by atoms with Crippen molar-refractivity contribution in [2.75, 3.05) is 19.7 Å². The Morgan fingerprint density at radius 2 is 1.89 bits per heavy atom. The van der Waals surface area contributed by atoms with Crippen LogP contribution in [0, 0.1) is 11.8 Å². The molecule has 2 amide bonds. The molecule has 0 bridgehead atoms. The van der Waals surface area contributed by atoms with Crippen LogP contribution in [-0.4, -0.2) is 52.9 Å². The second-order valence-electron chi connectivity index (χ2n) is 5.20. The number of aliphatic hydroxyl groups excluding tert-OH is 1. The van der Waals surface area contributed by atoms with E-state index in [0.29, 0.717) is 24.9 Å². The fraction of sp³-hybridized carbons (Fsp3) is 0.833. The molecule has 0 saturated carbocycles. The van der Waals surface area contributed by atoms with Crippen molar-refractivity contribution in [3.05, 3.63) is 0 Å². The smallest absolute Gasteiger partial charge is 0.326 e. The van der Waals surface area contributed by atoms with Crippen molar-refractivity contribution < 1.29 is 19.8 Å². The van der Waals surface area contributed by atoms with Gasteiger partial charge in [-0.15, -0.1) is 0 Å². The van der Waals surface area contributed by atoms with Crippen molar-refractivity contribution in [1.82, 2.24) is 10.2 Å². The maximum absolute atomic E-state index is 11.9. The van der Waals surface area contributed by atoms with E-state index in [1.54, 1.807) is 4.90 Å². The quantitative estimate of drug-likeness (QED) is 0.685. The van der Waals surface area contributed by atoms with Gasteiger partial charge in [0.2, 0.25) is 0 Å². The molecule has 3 atom stereocenters. The van der Waals surface area contributed by atoms with E-state index in [1.807, 2.05) is 0 Å². The molecule has 6 nitrogen and oxygen atoms in total. The van der Waals surface area contributed by atoms with Crippen LogP contribution in [0.2, 0.25) is 0 Å². The summed E-state index contributed by atoms with van der Waals surface area (Å²) in [5, 5.41) is 20.1. The minimum Gasteiger partial charge on any atom is -0.480 e. The van der Waals surface area contributed by atoms with E-state index < -0.39 is 12.0 Å². The Hall–Kier alpha value is -1.30. The number of hydrogen-bond acceptors (Lipinski definition) is 3. The monoisotopic (exact) mass is 258 g/mol. The Kier molecular flexibility index (Phi) is 5.40. The van der Waals surface area contributed by atoms with Gasteiger partial charge in [0.1, 0.15) is 6.04 Å². The second kappa shape index (κ2) is 6.58. The van der Waals surface area contributed by atoms with Gasteiger partial charge in [0, 0.05) is 26.1 Å². The highest BCUT2D eigenvalue weighted by Gasteiger charge is 2.28. The van der Waals surface area contributed by atoms with Gasteiger partial charge in [-0.1, -0.05) is 13.8 Å². The predicted octanol–water partition coefficient (Wildman–Crippen LogP) is 0.509. The largest absolute Gasteiger partial charge is 0.480 e. The van der Waals surface area contributed by atoms with Crippen molar-refractivity contribution in [3.63, 3.8) is 0 Å². The van der Waals surface area contributed by atoms with Gasteiger partial charge in [-0.3, -0.25) is 0 Å². The molecule has 1 aliphatic heterocycles. The van der Waals surface area contributed by atoms with E-state index in [0.717, 1.165) is 6.42 Å². The van der Waals surface area contributed by atoms with Crippen LogP contribution in [0.4, 0.5) is 4.79 Å². The summed E-state index contributed by atoms with van der Waals surface area (Å²) in [6.45, 7) is 5.21. The third-order valence-electron chi connectivity index (χ3n) is 3.17. The number of urea groups is 1. The molecule has 0 aromatic rings. The minimum absolute atomic E-state index is 0.0278. The molecule has 1 heterocycles. The van der Waals surface area contributed by atoms with Crippen molar-refractivity contribution in [3.8, 4) is 0 Å². The van der Waals surface area contributed by atoms with E-state index in [1.165, 1.54) is 0 Å². The highest BCUT2D eigenvalue weighted by molar-refractivity contribution is 5.82. The first kappa shape index (κ1) is 14.8. The molecular weight excluding hydrogens is 236 g/mol. The van der Waals surface area contributed by atoms with Gasteiger partial charge >= 0.3 is 12.0 Å². The molecule has 6 heteroatoms. The number of hydrogen-bond donors (Lipinski definition) is 3. The van der Waals surface area contributed by atoms with Crippen LogP contribution in [-0.2, 0) is 4.79 Å². The van der Waals surface area contributed by atoms with Crippen LogP contribution in [0.5, 0.6) is 0 Å². The van der Waals surface area contributed by atoms with Gasteiger partial charge in [0.15, 0.2) is 0 Å². The highest BCUT2D eigenvalue weighted by Crippen LogP contribution is 2.20. The van der Waals surface area contributed by atoms with Gasteiger partial charge in [0.25, 0.3) is 0 Å². The Bertz CT molecular complexity index is 298. The van der Waals surface area contributed by atoms with E-state index in [2.05, 4.69) is 19.2 Å². The predicted molar refractivity (Wildman–Crippen MR) is 66.2 cm³/mol. The zero-order valence-electron chi connectivity index (χ0n) is 10.9. The molecule has 0 spiro atoms. The summed E-state index contributed by atoms with van der Waals surface area (Å²) in [4.78, 5) is 24.5. The third kappa shape index (κ3) is 4.18. The van der Waals surface area contributed by atoms with Gasteiger partial charge in [-0.25, -0.2) is 9.59 Å². The molecule has 1 aliphatic rings. The summed E-state index contributed by atoms with van der Waals surface area (Å²) in [5.74, 6) is -0.253. The maximum atomic E-state index is 11.9. The zero-order chi connectivity index (χ0) is 13.7. The number of aliphatic hydroxyl groups is 1. The highest BCUT2D eigenvalue weighted by atomic mass is 16.4. The average Bonchev–Trinajstić information content (AvgIpc) is 2.26. The Morgan fingerprint density at radius 3 is 2.33 bits per heavy atom. The lowest BCUT2D eigenvalue weighted by Gasteiger charge is -2.35. The molecule has 1 rings (SSSR count). The Balaban J connectivity index is 2.55. The topological polar surface area (TPSA) is 89.9 Å². The number of piperidine rings is 1. The number of carboxylic acid groups (broad SMARTS) is 1. The van der Waals surface area contributed by atoms with Crippen molar-refractivity contribution in [1.29, 1.82) is 0 Å². The lowest BCUT2D eigenvalue weighted by Crippen LogP contribution is -2.52. The van der Waals surface area contributed by atoms with E-state index in [4.69, 9.17) is 10.2 Å². The van der Waals surface area contributed by atoms with Crippen molar-refractivity contribution in [2.45, 2.75) is 32.7 Å². The molecule has 1 fully saturated rings. The molecule has 104 valence electrons. The molecule has 0 aliphatic carbocycles. The van der Waals surface area contributed by atoms with E-state index in [-0.39, 0.29) is 19.1 Å². The first-order valence-electron chi connectivity index (χ1n) is 6.33. The molecule has 3 N–H and O–H groups in total. The Morgan fingerprint density at radius 1 is 1.33 bits per heavy atom. The normalized spacial score (nSPS) is 25.6. The number of likely N-dealkylation sites (tertiary alicyclic amines) is 1. The summed E-state index contributed by atoms with van der Waals surface area (Å²) >= 11 is 0. The molecule has 2 unspecified atom stereocenters. The molecule has 1 saturated heterocycles. The van der Waals surface area contributed by atoms with Crippen LogP contribution >= 0.6 is 0 Å². The summed E-state index contributed by atoms with van der Waals surface area (Å²) in [7, 11) is 0.